The van der Waals surface area contributed by atoms with Crippen molar-refractivity contribution in [1.82, 2.24) is 14.9 Å². The van der Waals surface area contributed by atoms with Crippen molar-refractivity contribution >= 4 is 5.91 Å². The third-order valence-electron chi connectivity index (χ3n) is 3.85. The van der Waals surface area contributed by atoms with Gasteiger partial charge in [0.25, 0.3) is 0 Å². The summed E-state index contributed by atoms with van der Waals surface area (Å²) < 4.78 is 0. The maximum atomic E-state index is 12.5. The number of aliphatic hydroxyl groups is 1. The van der Waals surface area contributed by atoms with Crippen LogP contribution in [0.15, 0.2) is 36.7 Å². The number of aliphatic hydroxyl groups excluding tert-OH is 1. The van der Waals surface area contributed by atoms with Crippen LogP contribution in [0, 0.1) is 6.92 Å². The van der Waals surface area contributed by atoms with Gasteiger partial charge in [-0.05, 0) is 18.4 Å². The molecule has 0 saturated carbocycles. The number of aryl methyl sites for hydroxylation is 1. The number of amides is 1. The maximum Gasteiger partial charge on any atom is 0.223 e. The summed E-state index contributed by atoms with van der Waals surface area (Å²) in [6, 6.07) is 10.00. The Hall–Kier alpha value is -2.14. The second kappa shape index (κ2) is 7.75. The lowest BCUT2D eigenvalue weighted by molar-refractivity contribution is -0.132. The molecule has 118 valence electrons. The van der Waals surface area contributed by atoms with Gasteiger partial charge in [-0.15, -0.1) is 0 Å². The van der Waals surface area contributed by atoms with Crippen LogP contribution in [-0.4, -0.2) is 39.0 Å². The molecule has 1 amide bonds. The molecule has 2 rings (SSSR count). The first-order chi connectivity index (χ1) is 10.6. The first-order valence-electron chi connectivity index (χ1n) is 7.54. The zero-order valence-electron chi connectivity index (χ0n) is 13.1. The van der Waals surface area contributed by atoms with Gasteiger partial charge in [0.05, 0.1) is 25.2 Å². The molecule has 1 unspecified atom stereocenters. The first-order valence-corrected chi connectivity index (χ1v) is 7.54. The summed E-state index contributed by atoms with van der Waals surface area (Å²) in [5, 5.41) is 9.21. The zero-order valence-corrected chi connectivity index (χ0v) is 13.1. The molecule has 22 heavy (non-hydrogen) atoms. The third-order valence-corrected chi connectivity index (χ3v) is 3.85. The number of hydrogen-bond donors (Lipinski definition) is 2. The monoisotopic (exact) mass is 301 g/mol. The molecule has 0 aliphatic rings. The van der Waals surface area contributed by atoms with Gasteiger partial charge in [0, 0.05) is 18.7 Å². The van der Waals surface area contributed by atoms with Gasteiger partial charge >= 0.3 is 0 Å². The van der Waals surface area contributed by atoms with Crippen molar-refractivity contribution in [3.05, 3.63) is 53.6 Å². The van der Waals surface area contributed by atoms with E-state index in [1.807, 2.05) is 44.2 Å². The molecule has 1 aromatic carbocycles. The molecule has 2 N–H and O–H groups in total. The number of nitrogens with one attached hydrogen (secondary N) is 1. The van der Waals surface area contributed by atoms with Gasteiger partial charge in [-0.1, -0.05) is 37.3 Å². The lowest BCUT2D eigenvalue weighted by atomic mass is 9.97. The summed E-state index contributed by atoms with van der Waals surface area (Å²) in [6.45, 7) is 4.68. The van der Waals surface area contributed by atoms with E-state index in [9.17, 15) is 9.90 Å². The number of nitrogens with zero attached hydrogens (tertiary/aromatic N) is 2. The number of aromatic amines is 1. The van der Waals surface area contributed by atoms with Crippen LogP contribution in [0.4, 0.5) is 0 Å². The van der Waals surface area contributed by atoms with Gasteiger partial charge in [-0.2, -0.15) is 0 Å². The van der Waals surface area contributed by atoms with Gasteiger partial charge < -0.3 is 15.0 Å². The van der Waals surface area contributed by atoms with Crippen molar-refractivity contribution in [2.45, 2.75) is 32.7 Å². The summed E-state index contributed by atoms with van der Waals surface area (Å²) in [7, 11) is 0. The van der Waals surface area contributed by atoms with E-state index < -0.39 is 0 Å². The van der Waals surface area contributed by atoms with Crippen LogP contribution in [-0.2, 0) is 11.3 Å². The van der Waals surface area contributed by atoms with Crippen molar-refractivity contribution < 1.29 is 9.90 Å². The summed E-state index contributed by atoms with van der Waals surface area (Å²) >= 11 is 0. The third kappa shape index (κ3) is 4.18. The molecule has 0 fully saturated rings. The van der Waals surface area contributed by atoms with Crippen LogP contribution in [0.1, 0.15) is 36.2 Å². The molecule has 0 aliphatic heterocycles. The number of carbonyl (C=O) groups is 1. The largest absolute Gasteiger partial charge is 0.395 e. The van der Waals surface area contributed by atoms with Crippen molar-refractivity contribution in [2.75, 3.05) is 13.2 Å². The molecule has 1 atom stereocenters. The van der Waals surface area contributed by atoms with Crippen molar-refractivity contribution in [3.8, 4) is 0 Å². The highest BCUT2D eigenvalue weighted by Gasteiger charge is 2.19. The van der Waals surface area contributed by atoms with Crippen LogP contribution in [0.2, 0.25) is 0 Å². The molecule has 0 bridgehead atoms. The van der Waals surface area contributed by atoms with E-state index in [0.29, 0.717) is 19.5 Å². The highest BCUT2D eigenvalue weighted by molar-refractivity contribution is 5.77. The lowest BCUT2D eigenvalue weighted by Crippen LogP contribution is -2.34. The van der Waals surface area contributed by atoms with E-state index in [4.69, 9.17) is 0 Å². The van der Waals surface area contributed by atoms with Gasteiger partial charge in [0.15, 0.2) is 0 Å². The topological polar surface area (TPSA) is 69.2 Å². The Labute approximate surface area is 131 Å². The van der Waals surface area contributed by atoms with E-state index in [1.165, 1.54) is 0 Å². The lowest BCUT2D eigenvalue weighted by Gasteiger charge is -2.23. The quantitative estimate of drug-likeness (QED) is 0.824. The smallest absolute Gasteiger partial charge is 0.223 e. The number of rotatable bonds is 7. The Morgan fingerprint density at radius 1 is 1.36 bits per heavy atom. The number of H-pyrrole nitrogens is 1. The second-order valence-electron chi connectivity index (χ2n) is 5.53. The Morgan fingerprint density at radius 2 is 2.09 bits per heavy atom. The molecule has 1 aromatic heterocycles. The van der Waals surface area contributed by atoms with Crippen molar-refractivity contribution in [2.24, 2.45) is 0 Å². The summed E-state index contributed by atoms with van der Waals surface area (Å²) in [6.07, 6.45) is 2.05. The normalized spacial score (nSPS) is 12.1. The fourth-order valence-corrected chi connectivity index (χ4v) is 2.43. The molecule has 0 spiro atoms. The molecule has 5 heteroatoms. The minimum atomic E-state index is -0.0467. The molecule has 0 radical (unpaired) electrons. The predicted octanol–water partition coefficient (Wildman–Crippen LogP) is 2.23. The minimum absolute atomic E-state index is 0.0350. The number of imidazole rings is 1. The van der Waals surface area contributed by atoms with E-state index >= 15 is 0 Å². The minimum Gasteiger partial charge on any atom is -0.395 e. The Balaban J connectivity index is 2.02. The SMILES string of the molecule is Cc1[nH]cnc1CN(CCO)C(=O)CC(C)c1ccccc1. The van der Waals surface area contributed by atoms with Crippen LogP contribution in [0.25, 0.3) is 0 Å². The summed E-state index contributed by atoms with van der Waals surface area (Å²) in [4.78, 5) is 21.4. The number of benzene rings is 1. The zero-order chi connectivity index (χ0) is 15.9. The molecular formula is C17H23N3O2. The second-order valence-corrected chi connectivity index (χ2v) is 5.53. The highest BCUT2D eigenvalue weighted by atomic mass is 16.3. The van der Waals surface area contributed by atoms with E-state index in [2.05, 4.69) is 9.97 Å². The Bertz CT molecular complexity index is 595. The van der Waals surface area contributed by atoms with Gasteiger partial charge in [-0.3, -0.25) is 4.79 Å². The van der Waals surface area contributed by atoms with Crippen LogP contribution in [0.5, 0.6) is 0 Å². The van der Waals surface area contributed by atoms with Crippen LogP contribution >= 0.6 is 0 Å². The maximum absolute atomic E-state index is 12.5. The molecule has 5 nitrogen and oxygen atoms in total. The summed E-state index contributed by atoms with van der Waals surface area (Å²) in [5.41, 5.74) is 2.94. The first kappa shape index (κ1) is 16.2. The Kier molecular flexibility index (Phi) is 5.72. The highest BCUT2D eigenvalue weighted by Crippen LogP contribution is 2.20. The van der Waals surface area contributed by atoms with Gasteiger partial charge in [0.2, 0.25) is 5.91 Å². The molecule has 2 aromatic rings. The van der Waals surface area contributed by atoms with E-state index in [-0.39, 0.29) is 18.4 Å². The van der Waals surface area contributed by atoms with Crippen molar-refractivity contribution in [1.29, 1.82) is 0 Å². The van der Waals surface area contributed by atoms with Crippen molar-refractivity contribution in [3.63, 3.8) is 0 Å². The molecular weight excluding hydrogens is 278 g/mol. The molecule has 0 aliphatic carbocycles. The van der Waals surface area contributed by atoms with Gasteiger partial charge in [0.1, 0.15) is 0 Å². The number of aromatic nitrogens is 2. The van der Waals surface area contributed by atoms with Gasteiger partial charge in [-0.25, -0.2) is 4.98 Å². The Morgan fingerprint density at radius 3 is 2.68 bits per heavy atom. The average Bonchev–Trinajstić information content (AvgIpc) is 2.93. The fraction of sp³-hybridized carbons (Fsp3) is 0.412. The summed E-state index contributed by atoms with van der Waals surface area (Å²) in [5.74, 6) is 0.183. The van der Waals surface area contributed by atoms with Crippen LogP contribution in [0.3, 0.4) is 0 Å². The molecule has 0 saturated heterocycles. The fourth-order valence-electron chi connectivity index (χ4n) is 2.43. The molecule has 1 heterocycles. The predicted molar refractivity (Wildman–Crippen MR) is 85.3 cm³/mol. The van der Waals surface area contributed by atoms with E-state index in [0.717, 1.165) is 17.0 Å². The van der Waals surface area contributed by atoms with E-state index in [1.54, 1.807) is 11.2 Å². The number of carbonyl (C=O) groups excluding carboxylic acids is 1. The standard InChI is InChI=1S/C17H23N3O2/c1-13(15-6-4-3-5-7-15)10-17(22)20(8-9-21)11-16-14(2)18-12-19-16/h3-7,12-13,21H,8-11H2,1-2H3,(H,18,19). The average molecular weight is 301 g/mol. The van der Waals surface area contributed by atoms with Crippen LogP contribution < -0.4 is 0 Å². The number of hydrogen-bond acceptors (Lipinski definition) is 3.